The van der Waals surface area contributed by atoms with Gasteiger partial charge in [-0.1, -0.05) is 0 Å². The van der Waals surface area contributed by atoms with Crippen LogP contribution in [-0.2, 0) is 23.7 Å². The molecule has 0 aromatic rings. The molecule has 2 aliphatic heterocycles. The topological polar surface area (TPSA) is 93.2 Å². The molecular weight excluding hydrogens is 304 g/mol. The van der Waals surface area contributed by atoms with Crippen molar-refractivity contribution in [3.63, 3.8) is 0 Å². The van der Waals surface area contributed by atoms with Crippen molar-refractivity contribution in [1.29, 1.82) is 0 Å². The van der Waals surface area contributed by atoms with E-state index in [1.165, 1.54) is 12.8 Å². The SMILES string of the molecule is OC(CCC(O)C(OCC1CO1)OCC1CO1)COCC1CC1. The minimum atomic E-state index is -0.786. The number of epoxide rings is 2. The van der Waals surface area contributed by atoms with Crippen LogP contribution in [0.15, 0.2) is 0 Å². The van der Waals surface area contributed by atoms with E-state index >= 15 is 0 Å². The lowest BCUT2D eigenvalue weighted by molar-refractivity contribution is -0.200. The number of aliphatic hydroxyl groups excluding tert-OH is 2. The molecule has 0 spiro atoms. The second-order valence-corrected chi connectivity index (χ2v) is 6.73. The Balaban J connectivity index is 1.30. The van der Waals surface area contributed by atoms with Gasteiger partial charge in [-0.25, -0.2) is 0 Å². The van der Waals surface area contributed by atoms with E-state index in [-0.39, 0.29) is 12.2 Å². The highest BCUT2D eigenvalue weighted by molar-refractivity contribution is 4.74. The third-order valence-corrected chi connectivity index (χ3v) is 4.17. The first kappa shape index (κ1) is 17.5. The van der Waals surface area contributed by atoms with E-state index in [0.717, 1.165) is 6.61 Å². The smallest absolute Gasteiger partial charge is 0.183 e. The van der Waals surface area contributed by atoms with Crippen LogP contribution in [0.2, 0.25) is 0 Å². The molecule has 23 heavy (non-hydrogen) atoms. The van der Waals surface area contributed by atoms with Crippen molar-refractivity contribution < 1.29 is 33.9 Å². The summed E-state index contributed by atoms with van der Waals surface area (Å²) in [5.74, 6) is 0.688. The Morgan fingerprint density at radius 2 is 1.52 bits per heavy atom. The predicted octanol–water partition coefficient (Wildman–Crippen LogP) is 0.0719. The fraction of sp³-hybridized carbons (Fsp3) is 1.00. The molecule has 7 nitrogen and oxygen atoms in total. The molecule has 2 heterocycles. The van der Waals surface area contributed by atoms with Crippen molar-refractivity contribution in [1.82, 2.24) is 0 Å². The van der Waals surface area contributed by atoms with Crippen molar-refractivity contribution in [3.05, 3.63) is 0 Å². The predicted molar refractivity (Wildman–Crippen MR) is 80.0 cm³/mol. The normalized spacial score (nSPS) is 30.0. The molecule has 0 bridgehead atoms. The molecule has 7 heteroatoms. The quantitative estimate of drug-likeness (QED) is 0.343. The van der Waals surface area contributed by atoms with Gasteiger partial charge in [0.15, 0.2) is 6.29 Å². The minimum absolute atomic E-state index is 0.117. The van der Waals surface area contributed by atoms with Crippen LogP contribution < -0.4 is 0 Å². The van der Waals surface area contributed by atoms with Crippen molar-refractivity contribution in [2.45, 2.75) is 56.4 Å². The molecule has 3 aliphatic rings. The van der Waals surface area contributed by atoms with E-state index in [9.17, 15) is 10.2 Å². The summed E-state index contributed by atoms with van der Waals surface area (Å²) in [4.78, 5) is 0. The van der Waals surface area contributed by atoms with Crippen LogP contribution in [0.3, 0.4) is 0 Å². The van der Waals surface area contributed by atoms with E-state index in [1.54, 1.807) is 0 Å². The lowest BCUT2D eigenvalue weighted by atomic mass is 10.1. The molecule has 0 aromatic carbocycles. The van der Waals surface area contributed by atoms with Crippen LogP contribution in [0.5, 0.6) is 0 Å². The molecule has 2 saturated heterocycles. The van der Waals surface area contributed by atoms with Gasteiger partial charge in [0.1, 0.15) is 18.3 Å². The summed E-state index contributed by atoms with van der Waals surface area (Å²) in [6, 6.07) is 0. The highest BCUT2D eigenvalue weighted by Crippen LogP contribution is 2.28. The summed E-state index contributed by atoms with van der Waals surface area (Å²) in [5.41, 5.74) is 0. The van der Waals surface area contributed by atoms with Crippen molar-refractivity contribution in [2.75, 3.05) is 39.6 Å². The third kappa shape index (κ3) is 7.43. The molecule has 3 rings (SSSR count). The van der Waals surface area contributed by atoms with E-state index in [0.29, 0.717) is 51.8 Å². The van der Waals surface area contributed by atoms with Gasteiger partial charge in [-0.15, -0.1) is 0 Å². The van der Waals surface area contributed by atoms with Gasteiger partial charge in [0.2, 0.25) is 0 Å². The Kier molecular flexibility index (Phi) is 6.64. The molecule has 1 aliphatic carbocycles. The molecule has 4 unspecified atom stereocenters. The van der Waals surface area contributed by atoms with Gasteiger partial charge in [0.05, 0.1) is 39.1 Å². The van der Waals surface area contributed by atoms with Gasteiger partial charge >= 0.3 is 0 Å². The van der Waals surface area contributed by atoms with Crippen LogP contribution in [0.1, 0.15) is 25.7 Å². The summed E-state index contributed by atoms with van der Waals surface area (Å²) in [6.07, 6.45) is 1.50. The molecule has 3 fully saturated rings. The molecule has 4 atom stereocenters. The maximum atomic E-state index is 10.3. The zero-order valence-corrected chi connectivity index (χ0v) is 13.5. The van der Waals surface area contributed by atoms with E-state index in [1.807, 2.05) is 0 Å². The van der Waals surface area contributed by atoms with Gasteiger partial charge < -0.3 is 33.9 Å². The number of aliphatic hydroxyl groups is 2. The van der Waals surface area contributed by atoms with Crippen molar-refractivity contribution in [3.8, 4) is 0 Å². The number of hydrogen-bond donors (Lipinski definition) is 2. The second-order valence-electron chi connectivity index (χ2n) is 6.73. The first-order valence-electron chi connectivity index (χ1n) is 8.61. The Morgan fingerprint density at radius 1 is 0.913 bits per heavy atom. The maximum Gasteiger partial charge on any atom is 0.183 e. The van der Waals surface area contributed by atoms with Gasteiger partial charge in [0, 0.05) is 6.61 Å². The zero-order chi connectivity index (χ0) is 16.1. The average molecular weight is 332 g/mol. The highest BCUT2D eigenvalue weighted by atomic mass is 16.7. The number of hydrogen-bond acceptors (Lipinski definition) is 7. The highest BCUT2D eigenvalue weighted by Gasteiger charge is 2.30. The largest absolute Gasteiger partial charge is 0.391 e. The van der Waals surface area contributed by atoms with Gasteiger partial charge in [0.25, 0.3) is 0 Å². The molecule has 2 N–H and O–H groups in total. The van der Waals surface area contributed by atoms with E-state index < -0.39 is 18.5 Å². The minimum Gasteiger partial charge on any atom is -0.391 e. The summed E-state index contributed by atoms with van der Waals surface area (Å²) in [5, 5.41) is 20.2. The number of ether oxygens (including phenoxy) is 5. The van der Waals surface area contributed by atoms with Crippen molar-refractivity contribution in [2.24, 2.45) is 5.92 Å². The van der Waals surface area contributed by atoms with Crippen LogP contribution in [-0.4, -0.2) is 80.6 Å². The summed E-state index contributed by atoms with van der Waals surface area (Å²) in [6.45, 7) is 3.29. The molecule has 134 valence electrons. The zero-order valence-electron chi connectivity index (χ0n) is 13.5. The fourth-order valence-electron chi connectivity index (χ4n) is 2.24. The average Bonchev–Trinajstić information content (AvgIpc) is 3.37. The van der Waals surface area contributed by atoms with E-state index in [2.05, 4.69) is 0 Å². The van der Waals surface area contributed by atoms with Crippen LogP contribution in [0.25, 0.3) is 0 Å². The first-order chi connectivity index (χ1) is 11.2. The standard InChI is InChI=1S/C16H28O7/c17-12(6-19-5-11-1-2-11)3-4-15(18)16(22-9-13-7-20-13)23-10-14-8-21-14/h11-18H,1-10H2. The summed E-state index contributed by atoms with van der Waals surface area (Å²) < 4.78 is 26.8. The van der Waals surface area contributed by atoms with Crippen molar-refractivity contribution >= 4 is 0 Å². The fourth-order valence-corrected chi connectivity index (χ4v) is 2.24. The molecule has 0 amide bonds. The first-order valence-corrected chi connectivity index (χ1v) is 8.61. The van der Waals surface area contributed by atoms with Crippen LogP contribution >= 0.6 is 0 Å². The Labute approximate surface area is 136 Å². The lowest BCUT2D eigenvalue weighted by Gasteiger charge is -2.24. The Bertz CT molecular complexity index is 325. The summed E-state index contributed by atoms with van der Waals surface area (Å²) in [7, 11) is 0. The van der Waals surface area contributed by atoms with Crippen LogP contribution in [0, 0.1) is 5.92 Å². The Morgan fingerprint density at radius 3 is 2.04 bits per heavy atom. The molecule has 0 aromatic heterocycles. The number of rotatable bonds is 14. The summed E-state index contributed by atoms with van der Waals surface area (Å²) >= 11 is 0. The molecular formula is C16H28O7. The monoisotopic (exact) mass is 332 g/mol. The van der Waals surface area contributed by atoms with E-state index in [4.69, 9.17) is 23.7 Å². The molecule has 1 saturated carbocycles. The van der Waals surface area contributed by atoms with Gasteiger partial charge in [-0.05, 0) is 31.6 Å². The lowest BCUT2D eigenvalue weighted by Crippen LogP contribution is -2.35. The third-order valence-electron chi connectivity index (χ3n) is 4.17. The van der Waals surface area contributed by atoms with Gasteiger partial charge in [-0.3, -0.25) is 0 Å². The van der Waals surface area contributed by atoms with Gasteiger partial charge in [-0.2, -0.15) is 0 Å². The Hall–Kier alpha value is -0.280. The second kappa shape index (κ2) is 8.71. The maximum absolute atomic E-state index is 10.3. The van der Waals surface area contributed by atoms with Crippen LogP contribution in [0.4, 0.5) is 0 Å². The molecule has 0 radical (unpaired) electrons.